The number of piperidine rings is 1. The molecule has 0 N–H and O–H groups in total. The Balaban J connectivity index is 1.98. The van der Waals surface area contributed by atoms with Crippen molar-refractivity contribution in [3.63, 3.8) is 0 Å². The molecule has 1 fully saturated rings. The fraction of sp³-hybridized carbons (Fsp3) is 0.500. The molecule has 3 rings (SSSR count). The van der Waals surface area contributed by atoms with Gasteiger partial charge in [0, 0.05) is 31.6 Å². The highest BCUT2D eigenvalue weighted by molar-refractivity contribution is 5.78. The number of hydrogen-bond acceptors (Lipinski definition) is 3. The summed E-state index contributed by atoms with van der Waals surface area (Å²) in [5.41, 5.74) is 1.93. The Morgan fingerprint density at radius 2 is 2.32 bits per heavy atom. The summed E-state index contributed by atoms with van der Waals surface area (Å²) in [5, 5.41) is 5.72. The van der Waals surface area contributed by atoms with Gasteiger partial charge in [-0.25, -0.2) is 9.67 Å². The van der Waals surface area contributed by atoms with E-state index < -0.39 is 0 Å². The topological polar surface area (TPSA) is 51.0 Å². The van der Waals surface area contributed by atoms with Crippen molar-refractivity contribution in [1.29, 1.82) is 0 Å². The first-order chi connectivity index (χ1) is 9.16. The molecule has 100 valence electrons. The van der Waals surface area contributed by atoms with Crippen LogP contribution in [-0.4, -0.2) is 38.7 Å². The molecule has 0 bridgehead atoms. The third-order valence-electron chi connectivity index (χ3n) is 3.84. The standard InChI is InChI=1S/C14H18N4O/c1-10-13-6-3-7-15-14(13)18(16-10)12-5-4-8-17(9-12)11(2)19/h3,6-7,12H,4-5,8-9H2,1-2H3. The van der Waals surface area contributed by atoms with Crippen LogP contribution in [0.25, 0.3) is 11.0 Å². The van der Waals surface area contributed by atoms with Gasteiger partial charge >= 0.3 is 0 Å². The average Bonchev–Trinajstić information content (AvgIpc) is 2.77. The van der Waals surface area contributed by atoms with Crippen molar-refractivity contribution in [2.45, 2.75) is 32.7 Å². The minimum Gasteiger partial charge on any atom is -0.341 e. The SMILES string of the molecule is CC(=O)N1CCCC(n2nc(C)c3cccnc32)C1. The van der Waals surface area contributed by atoms with Crippen LogP contribution < -0.4 is 0 Å². The van der Waals surface area contributed by atoms with E-state index in [9.17, 15) is 4.79 Å². The highest BCUT2D eigenvalue weighted by Crippen LogP contribution is 2.25. The van der Waals surface area contributed by atoms with Crippen molar-refractivity contribution < 1.29 is 4.79 Å². The fourth-order valence-electron chi connectivity index (χ4n) is 2.82. The number of rotatable bonds is 1. The number of aromatic nitrogens is 3. The number of hydrogen-bond donors (Lipinski definition) is 0. The molecule has 0 saturated carbocycles. The van der Waals surface area contributed by atoms with E-state index in [4.69, 9.17) is 0 Å². The van der Waals surface area contributed by atoms with Crippen LogP contribution in [0.2, 0.25) is 0 Å². The maximum atomic E-state index is 11.5. The molecule has 2 aromatic rings. The van der Waals surface area contributed by atoms with Gasteiger partial charge < -0.3 is 4.90 Å². The minimum absolute atomic E-state index is 0.144. The maximum Gasteiger partial charge on any atom is 0.219 e. The third kappa shape index (κ3) is 2.09. The van der Waals surface area contributed by atoms with E-state index in [1.807, 2.05) is 28.6 Å². The first kappa shape index (κ1) is 12.1. The zero-order chi connectivity index (χ0) is 13.4. The lowest BCUT2D eigenvalue weighted by Gasteiger charge is -2.32. The monoisotopic (exact) mass is 258 g/mol. The second-order valence-electron chi connectivity index (χ2n) is 5.17. The molecule has 0 aromatic carbocycles. The number of carbonyl (C=O) groups excluding carboxylic acids is 1. The first-order valence-electron chi connectivity index (χ1n) is 6.72. The maximum absolute atomic E-state index is 11.5. The van der Waals surface area contributed by atoms with Gasteiger partial charge in [-0.2, -0.15) is 5.10 Å². The Hall–Kier alpha value is -1.91. The lowest BCUT2D eigenvalue weighted by Crippen LogP contribution is -2.39. The summed E-state index contributed by atoms with van der Waals surface area (Å²) < 4.78 is 2.00. The number of nitrogens with zero attached hydrogens (tertiary/aromatic N) is 4. The number of carbonyl (C=O) groups is 1. The van der Waals surface area contributed by atoms with Gasteiger partial charge in [-0.15, -0.1) is 0 Å². The zero-order valence-electron chi connectivity index (χ0n) is 11.3. The molecule has 3 heterocycles. The largest absolute Gasteiger partial charge is 0.341 e. The molecule has 0 radical (unpaired) electrons. The average molecular weight is 258 g/mol. The fourth-order valence-corrected chi connectivity index (χ4v) is 2.82. The molecule has 1 saturated heterocycles. The van der Waals surface area contributed by atoms with Gasteiger partial charge in [0.2, 0.25) is 5.91 Å². The molecular weight excluding hydrogens is 240 g/mol. The van der Waals surface area contributed by atoms with Gasteiger partial charge in [-0.1, -0.05) is 0 Å². The summed E-state index contributed by atoms with van der Waals surface area (Å²) in [5.74, 6) is 0.144. The predicted molar refractivity (Wildman–Crippen MR) is 72.8 cm³/mol. The van der Waals surface area contributed by atoms with Crippen molar-refractivity contribution in [3.8, 4) is 0 Å². The Labute approximate surface area is 112 Å². The highest BCUT2D eigenvalue weighted by atomic mass is 16.2. The number of amides is 1. The Kier molecular flexibility index (Phi) is 2.97. The van der Waals surface area contributed by atoms with Crippen LogP contribution in [0, 0.1) is 6.92 Å². The normalized spacial score (nSPS) is 19.9. The molecule has 1 aliphatic rings. The minimum atomic E-state index is 0.144. The van der Waals surface area contributed by atoms with Gasteiger partial charge in [0.05, 0.1) is 11.7 Å². The Bertz CT molecular complexity index is 619. The molecule has 5 nitrogen and oxygen atoms in total. The predicted octanol–water partition coefficient (Wildman–Crippen LogP) is 1.92. The van der Waals surface area contributed by atoms with Gasteiger partial charge in [-0.05, 0) is 31.9 Å². The van der Waals surface area contributed by atoms with Crippen molar-refractivity contribution in [1.82, 2.24) is 19.7 Å². The molecule has 1 amide bonds. The van der Waals surface area contributed by atoms with E-state index in [1.165, 1.54) is 0 Å². The smallest absolute Gasteiger partial charge is 0.219 e. The second kappa shape index (κ2) is 4.64. The van der Waals surface area contributed by atoms with E-state index in [2.05, 4.69) is 10.1 Å². The summed E-state index contributed by atoms with van der Waals surface area (Å²) in [6, 6.07) is 4.22. The molecule has 19 heavy (non-hydrogen) atoms. The van der Waals surface area contributed by atoms with Crippen LogP contribution in [0.1, 0.15) is 31.5 Å². The summed E-state index contributed by atoms with van der Waals surface area (Å²) in [4.78, 5) is 17.9. The van der Waals surface area contributed by atoms with Crippen LogP contribution in [0.15, 0.2) is 18.3 Å². The van der Waals surface area contributed by atoms with E-state index >= 15 is 0 Å². The molecule has 1 aliphatic heterocycles. The Morgan fingerprint density at radius 3 is 3.11 bits per heavy atom. The third-order valence-corrected chi connectivity index (χ3v) is 3.84. The van der Waals surface area contributed by atoms with Gasteiger partial charge in [-0.3, -0.25) is 4.79 Å². The van der Waals surface area contributed by atoms with Crippen molar-refractivity contribution in [2.24, 2.45) is 0 Å². The van der Waals surface area contributed by atoms with Crippen molar-refractivity contribution in [2.75, 3.05) is 13.1 Å². The molecular formula is C14H18N4O. The van der Waals surface area contributed by atoms with Gasteiger partial charge in [0.1, 0.15) is 0 Å². The summed E-state index contributed by atoms with van der Waals surface area (Å²) >= 11 is 0. The lowest BCUT2D eigenvalue weighted by molar-refractivity contribution is -0.130. The molecule has 0 spiro atoms. The van der Waals surface area contributed by atoms with E-state index in [0.717, 1.165) is 42.7 Å². The number of pyridine rings is 1. The van der Waals surface area contributed by atoms with Crippen LogP contribution >= 0.6 is 0 Å². The van der Waals surface area contributed by atoms with Gasteiger partial charge in [0.25, 0.3) is 0 Å². The highest BCUT2D eigenvalue weighted by Gasteiger charge is 2.25. The summed E-state index contributed by atoms with van der Waals surface area (Å²) in [6.07, 6.45) is 3.87. The van der Waals surface area contributed by atoms with Gasteiger partial charge in [0.15, 0.2) is 5.65 Å². The van der Waals surface area contributed by atoms with E-state index in [0.29, 0.717) is 0 Å². The Morgan fingerprint density at radius 1 is 1.47 bits per heavy atom. The summed E-state index contributed by atoms with van der Waals surface area (Å²) in [7, 11) is 0. The van der Waals surface area contributed by atoms with Crippen LogP contribution in [0.3, 0.4) is 0 Å². The van der Waals surface area contributed by atoms with Crippen LogP contribution in [-0.2, 0) is 4.79 Å². The molecule has 1 unspecified atom stereocenters. The van der Waals surface area contributed by atoms with Crippen molar-refractivity contribution >= 4 is 16.9 Å². The van der Waals surface area contributed by atoms with Crippen LogP contribution in [0.5, 0.6) is 0 Å². The second-order valence-corrected chi connectivity index (χ2v) is 5.17. The quantitative estimate of drug-likeness (QED) is 0.785. The lowest BCUT2D eigenvalue weighted by atomic mass is 10.1. The zero-order valence-corrected chi connectivity index (χ0v) is 11.3. The summed E-state index contributed by atoms with van der Waals surface area (Å²) in [6.45, 7) is 5.23. The molecule has 0 aliphatic carbocycles. The number of aryl methyl sites for hydroxylation is 1. The van der Waals surface area contributed by atoms with Crippen molar-refractivity contribution in [3.05, 3.63) is 24.0 Å². The molecule has 1 atom stereocenters. The van der Waals surface area contributed by atoms with Crippen LogP contribution in [0.4, 0.5) is 0 Å². The molecule has 2 aromatic heterocycles. The molecule has 5 heteroatoms. The first-order valence-corrected chi connectivity index (χ1v) is 6.72. The number of fused-ring (bicyclic) bond motifs is 1. The van der Waals surface area contributed by atoms with E-state index in [1.54, 1.807) is 13.1 Å². The van der Waals surface area contributed by atoms with E-state index in [-0.39, 0.29) is 11.9 Å². The number of likely N-dealkylation sites (tertiary alicyclic amines) is 1.